The quantitative estimate of drug-likeness (QED) is 0.752. The molecule has 0 aliphatic carbocycles. The normalized spacial score (nSPS) is 22.8. The van der Waals surface area contributed by atoms with Crippen molar-refractivity contribution in [3.63, 3.8) is 0 Å². The second kappa shape index (κ2) is 8.54. The molecule has 29 heavy (non-hydrogen) atoms. The topological polar surface area (TPSA) is 32.8 Å². The maximum atomic E-state index is 13.6. The molecule has 2 aliphatic rings. The number of hydrogen-bond donors (Lipinski definition) is 0. The van der Waals surface area contributed by atoms with Gasteiger partial charge in [0.15, 0.2) is 0 Å². The molecule has 0 radical (unpaired) electrons. The Balaban J connectivity index is 1.44. The Morgan fingerprint density at radius 2 is 1.83 bits per heavy atom. The maximum absolute atomic E-state index is 13.6. The van der Waals surface area contributed by atoms with Gasteiger partial charge in [0.2, 0.25) is 5.91 Å². The first kappa shape index (κ1) is 19.9. The molecule has 2 aromatic rings. The van der Waals surface area contributed by atoms with Gasteiger partial charge in [0, 0.05) is 31.6 Å². The van der Waals surface area contributed by atoms with Gasteiger partial charge in [0.1, 0.15) is 11.6 Å². The maximum Gasteiger partial charge on any atom is 0.223 e. The molecule has 2 saturated heterocycles. The predicted molar refractivity (Wildman–Crippen MR) is 111 cm³/mol. The van der Waals surface area contributed by atoms with E-state index in [-0.39, 0.29) is 17.3 Å². The molecule has 0 bridgehead atoms. The van der Waals surface area contributed by atoms with Gasteiger partial charge in [-0.2, -0.15) is 0 Å². The van der Waals surface area contributed by atoms with Gasteiger partial charge in [-0.1, -0.05) is 24.3 Å². The lowest BCUT2D eigenvalue weighted by Gasteiger charge is -2.38. The van der Waals surface area contributed by atoms with Crippen molar-refractivity contribution < 1.29 is 13.9 Å². The Bertz CT molecular complexity index is 854. The fourth-order valence-electron chi connectivity index (χ4n) is 4.85. The predicted octanol–water partition coefficient (Wildman–Crippen LogP) is 4.38. The third-order valence-electron chi connectivity index (χ3n) is 6.48. The van der Waals surface area contributed by atoms with Crippen LogP contribution in [0.5, 0.6) is 5.75 Å². The van der Waals surface area contributed by atoms with Gasteiger partial charge in [-0.15, -0.1) is 0 Å². The Labute approximate surface area is 172 Å². The number of methoxy groups -OCH3 is 1. The zero-order valence-corrected chi connectivity index (χ0v) is 17.1. The monoisotopic (exact) mass is 396 g/mol. The summed E-state index contributed by atoms with van der Waals surface area (Å²) in [4.78, 5) is 17.2. The average molecular weight is 397 g/mol. The Morgan fingerprint density at radius 1 is 1.00 bits per heavy atom. The molecule has 1 spiro atoms. The highest BCUT2D eigenvalue weighted by atomic mass is 19.1. The van der Waals surface area contributed by atoms with Crippen LogP contribution in [0.25, 0.3) is 0 Å². The first-order valence-corrected chi connectivity index (χ1v) is 10.5. The third-order valence-corrected chi connectivity index (χ3v) is 6.48. The summed E-state index contributed by atoms with van der Waals surface area (Å²) in [6, 6.07) is 14.9. The van der Waals surface area contributed by atoms with Gasteiger partial charge in [0.25, 0.3) is 0 Å². The Kier molecular flexibility index (Phi) is 5.86. The first-order valence-electron chi connectivity index (χ1n) is 10.5. The fourth-order valence-corrected chi connectivity index (χ4v) is 4.85. The molecule has 2 aromatic carbocycles. The van der Waals surface area contributed by atoms with E-state index in [1.54, 1.807) is 19.2 Å². The molecule has 0 N–H and O–H groups in total. The van der Waals surface area contributed by atoms with E-state index < -0.39 is 0 Å². The molecule has 2 aliphatic heterocycles. The number of halogens is 1. The van der Waals surface area contributed by atoms with Crippen LogP contribution in [0.4, 0.5) is 4.39 Å². The smallest absolute Gasteiger partial charge is 0.223 e. The second-order valence-electron chi connectivity index (χ2n) is 8.31. The van der Waals surface area contributed by atoms with E-state index >= 15 is 0 Å². The Morgan fingerprint density at radius 3 is 2.59 bits per heavy atom. The molecule has 2 fully saturated rings. The van der Waals surface area contributed by atoms with Crippen LogP contribution < -0.4 is 4.74 Å². The highest BCUT2D eigenvalue weighted by Crippen LogP contribution is 2.40. The number of benzene rings is 2. The van der Waals surface area contributed by atoms with Crippen LogP contribution in [0.3, 0.4) is 0 Å². The van der Waals surface area contributed by atoms with Gasteiger partial charge in [-0.05, 0) is 67.6 Å². The molecule has 1 amide bonds. The van der Waals surface area contributed by atoms with Crippen LogP contribution >= 0.6 is 0 Å². The summed E-state index contributed by atoms with van der Waals surface area (Å²) >= 11 is 0. The minimum absolute atomic E-state index is 0.0853. The highest BCUT2D eigenvalue weighted by molar-refractivity contribution is 5.79. The van der Waals surface area contributed by atoms with E-state index in [1.807, 2.05) is 23.1 Å². The molecule has 0 aromatic heterocycles. The van der Waals surface area contributed by atoms with Gasteiger partial charge in [0.05, 0.1) is 7.11 Å². The van der Waals surface area contributed by atoms with E-state index in [1.165, 1.54) is 11.6 Å². The average Bonchev–Trinajstić information content (AvgIpc) is 2.89. The van der Waals surface area contributed by atoms with Crippen molar-refractivity contribution in [1.82, 2.24) is 9.80 Å². The van der Waals surface area contributed by atoms with Crippen molar-refractivity contribution in [2.75, 3.05) is 20.2 Å². The van der Waals surface area contributed by atoms with Crippen molar-refractivity contribution in [3.05, 3.63) is 65.5 Å². The van der Waals surface area contributed by atoms with Crippen molar-refractivity contribution in [3.8, 4) is 5.75 Å². The van der Waals surface area contributed by atoms with E-state index in [9.17, 15) is 9.18 Å². The minimum atomic E-state index is -0.241. The van der Waals surface area contributed by atoms with Crippen molar-refractivity contribution in [2.45, 2.75) is 50.7 Å². The van der Waals surface area contributed by atoms with Crippen LogP contribution in [-0.2, 0) is 17.9 Å². The summed E-state index contributed by atoms with van der Waals surface area (Å²) in [5.41, 5.74) is 2.07. The van der Waals surface area contributed by atoms with Gasteiger partial charge in [-0.25, -0.2) is 4.39 Å². The summed E-state index contributed by atoms with van der Waals surface area (Å²) < 4.78 is 18.9. The first-order chi connectivity index (χ1) is 14.1. The Hall–Kier alpha value is -2.40. The molecule has 4 nitrogen and oxygen atoms in total. The standard InChI is InChI=1S/C24H29FN2O2/c1-29-22-8-6-19(7-9-22)17-26-14-3-11-24(13-15-26)12-10-23(28)27(24)18-20-4-2-5-21(25)16-20/h2,4-9,16H,3,10-15,17-18H2,1H3/t24-/m0/s1. The number of likely N-dealkylation sites (tertiary alicyclic amines) is 2. The third kappa shape index (κ3) is 4.45. The molecule has 0 unspecified atom stereocenters. The zero-order valence-electron chi connectivity index (χ0n) is 17.1. The lowest BCUT2D eigenvalue weighted by molar-refractivity contribution is -0.132. The second-order valence-corrected chi connectivity index (χ2v) is 8.31. The fraction of sp³-hybridized carbons (Fsp3) is 0.458. The number of rotatable bonds is 5. The van der Waals surface area contributed by atoms with E-state index in [4.69, 9.17) is 4.74 Å². The number of carbonyl (C=O) groups is 1. The summed E-state index contributed by atoms with van der Waals surface area (Å²) in [5.74, 6) is 0.841. The molecule has 154 valence electrons. The molecule has 2 heterocycles. The highest BCUT2D eigenvalue weighted by Gasteiger charge is 2.45. The summed E-state index contributed by atoms with van der Waals surface area (Å²) in [7, 11) is 1.68. The largest absolute Gasteiger partial charge is 0.497 e. The summed E-state index contributed by atoms with van der Waals surface area (Å²) in [6.07, 6.45) is 4.59. The van der Waals surface area contributed by atoms with E-state index in [0.29, 0.717) is 13.0 Å². The molecular weight excluding hydrogens is 367 g/mol. The number of nitrogens with zero attached hydrogens (tertiary/aromatic N) is 2. The summed E-state index contributed by atoms with van der Waals surface area (Å²) in [6.45, 7) is 3.43. The number of carbonyl (C=O) groups excluding carboxylic acids is 1. The van der Waals surface area contributed by atoms with Crippen LogP contribution in [0.2, 0.25) is 0 Å². The number of amides is 1. The molecule has 0 saturated carbocycles. The molecule has 1 atom stereocenters. The van der Waals surface area contributed by atoms with Crippen LogP contribution in [-0.4, -0.2) is 41.4 Å². The van der Waals surface area contributed by atoms with Gasteiger partial charge in [-0.3, -0.25) is 9.69 Å². The van der Waals surface area contributed by atoms with Crippen LogP contribution in [0.1, 0.15) is 43.2 Å². The minimum Gasteiger partial charge on any atom is -0.497 e. The van der Waals surface area contributed by atoms with Crippen molar-refractivity contribution in [2.24, 2.45) is 0 Å². The molecule has 5 heteroatoms. The lowest BCUT2D eigenvalue weighted by Crippen LogP contribution is -2.45. The van der Waals surface area contributed by atoms with Crippen molar-refractivity contribution >= 4 is 5.91 Å². The molecular formula is C24H29FN2O2. The summed E-state index contributed by atoms with van der Waals surface area (Å²) in [5, 5.41) is 0. The zero-order chi connectivity index (χ0) is 20.3. The molecule has 4 rings (SSSR count). The number of ether oxygens (including phenoxy) is 1. The van der Waals surface area contributed by atoms with Crippen molar-refractivity contribution in [1.29, 1.82) is 0 Å². The van der Waals surface area contributed by atoms with Gasteiger partial charge >= 0.3 is 0 Å². The van der Waals surface area contributed by atoms with E-state index in [0.717, 1.165) is 56.6 Å². The lowest BCUT2D eigenvalue weighted by atomic mass is 9.87. The van der Waals surface area contributed by atoms with Gasteiger partial charge < -0.3 is 9.64 Å². The SMILES string of the molecule is COc1ccc(CN2CCC[C@]3(CCC(=O)N3Cc3cccc(F)c3)CC2)cc1. The van der Waals surface area contributed by atoms with Crippen LogP contribution in [0.15, 0.2) is 48.5 Å². The van der Waals surface area contributed by atoms with E-state index in [2.05, 4.69) is 17.0 Å². The number of hydrogen-bond acceptors (Lipinski definition) is 3. The van der Waals surface area contributed by atoms with Crippen LogP contribution in [0, 0.1) is 5.82 Å².